The predicted molar refractivity (Wildman–Crippen MR) is 153 cm³/mol. The number of hydrogen-bond acceptors (Lipinski definition) is 1. The lowest BCUT2D eigenvalue weighted by atomic mass is 9.77. The Hall–Kier alpha value is -1.76. The van der Waals surface area contributed by atoms with E-state index in [2.05, 4.69) is 62.4 Å². The zero-order valence-corrected chi connectivity index (χ0v) is 22.9. The van der Waals surface area contributed by atoms with Crippen molar-refractivity contribution in [2.24, 2.45) is 5.92 Å². The maximum Gasteiger partial charge on any atom is 0.119 e. The molecule has 0 heterocycles. The van der Waals surface area contributed by atoms with Gasteiger partial charge >= 0.3 is 0 Å². The van der Waals surface area contributed by atoms with Gasteiger partial charge in [-0.1, -0.05) is 127 Å². The van der Waals surface area contributed by atoms with E-state index in [1.165, 1.54) is 120 Å². The number of ether oxygens (including phenoxy) is 1. The summed E-state index contributed by atoms with van der Waals surface area (Å²) in [5, 5.41) is 0. The van der Waals surface area contributed by atoms with E-state index in [9.17, 15) is 0 Å². The highest BCUT2D eigenvalue weighted by molar-refractivity contribution is 5.64. The van der Waals surface area contributed by atoms with Crippen molar-refractivity contribution in [3.8, 4) is 16.9 Å². The molecule has 0 bridgehead atoms. The molecule has 1 aliphatic rings. The second-order valence-corrected chi connectivity index (χ2v) is 11.0. The van der Waals surface area contributed by atoms with Gasteiger partial charge in [0.15, 0.2) is 0 Å². The van der Waals surface area contributed by atoms with Gasteiger partial charge in [-0.3, -0.25) is 0 Å². The highest BCUT2D eigenvalue weighted by Gasteiger charge is 2.21. The van der Waals surface area contributed by atoms with Crippen LogP contribution in [0.25, 0.3) is 11.1 Å². The van der Waals surface area contributed by atoms with Crippen molar-refractivity contribution < 1.29 is 4.74 Å². The first-order chi connectivity index (χ1) is 17.3. The van der Waals surface area contributed by atoms with Crippen LogP contribution in [0.15, 0.2) is 48.5 Å². The molecule has 1 aliphatic carbocycles. The molecule has 1 fully saturated rings. The molecule has 1 heteroatoms. The second kappa shape index (κ2) is 16.8. The second-order valence-electron chi connectivity index (χ2n) is 11.0. The summed E-state index contributed by atoms with van der Waals surface area (Å²) in [4.78, 5) is 0. The summed E-state index contributed by atoms with van der Waals surface area (Å²) in [6.45, 7) is 5.44. The van der Waals surface area contributed by atoms with Crippen molar-refractivity contribution >= 4 is 0 Å². The molecule has 0 N–H and O–H groups in total. The third-order valence-corrected chi connectivity index (χ3v) is 8.15. The molecule has 1 nitrogen and oxygen atoms in total. The van der Waals surface area contributed by atoms with Crippen LogP contribution in [0.3, 0.4) is 0 Å². The summed E-state index contributed by atoms with van der Waals surface area (Å²) in [5.41, 5.74) is 4.14. The molecule has 0 aromatic heterocycles. The molecule has 194 valence electrons. The zero-order valence-electron chi connectivity index (χ0n) is 22.9. The lowest BCUT2D eigenvalue weighted by Gasteiger charge is -2.29. The van der Waals surface area contributed by atoms with Crippen LogP contribution >= 0.6 is 0 Å². The topological polar surface area (TPSA) is 9.23 Å². The first kappa shape index (κ1) is 27.8. The van der Waals surface area contributed by atoms with Crippen LogP contribution in [0.1, 0.15) is 134 Å². The van der Waals surface area contributed by atoms with Gasteiger partial charge < -0.3 is 4.74 Å². The Labute approximate surface area is 217 Å². The molecule has 0 radical (unpaired) electrons. The number of hydrogen-bond donors (Lipinski definition) is 0. The van der Waals surface area contributed by atoms with E-state index in [4.69, 9.17) is 4.74 Å². The molecular weight excluding hydrogens is 424 g/mol. The molecular formula is C34H52O. The van der Waals surface area contributed by atoms with Crippen LogP contribution < -0.4 is 4.74 Å². The highest BCUT2D eigenvalue weighted by atomic mass is 16.5. The van der Waals surface area contributed by atoms with E-state index in [1.54, 1.807) is 5.56 Å². The van der Waals surface area contributed by atoms with E-state index < -0.39 is 0 Å². The predicted octanol–water partition coefficient (Wildman–Crippen LogP) is 11.1. The van der Waals surface area contributed by atoms with E-state index in [-0.39, 0.29) is 0 Å². The van der Waals surface area contributed by atoms with Crippen molar-refractivity contribution in [3.05, 3.63) is 54.1 Å². The molecule has 0 aliphatic heterocycles. The summed E-state index contributed by atoms with van der Waals surface area (Å²) in [7, 11) is 0. The smallest absolute Gasteiger partial charge is 0.119 e. The van der Waals surface area contributed by atoms with Gasteiger partial charge in [-0.05, 0) is 72.8 Å². The molecule has 0 spiro atoms. The Balaban J connectivity index is 1.31. The van der Waals surface area contributed by atoms with Crippen molar-refractivity contribution in [1.29, 1.82) is 0 Å². The minimum Gasteiger partial charge on any atom is -0.494 e. The number of unbranched alkanes of at least 4 members (excludes halogenated alkanes) is 10. The molecule has 35 heavy (non-hydrogen) atoms. The summed E-state index contributed by atoms with van der Waals surface area (Å²) in [6.07, 6.45) is 23.4. The third kappa shape index (κ3) is 10.4. The number of rotatable bonds is 17. The summed E-state index contributed by atoms with van der Waals surface area (Å²) >= 11 is 0. The molecule has 0 amide bonds. The van der Waals surface area contributed by atoms with Gasteiger partial charge in [-0.25, -0.2) is 0 Å². The standard InChI is InChI=1S/C34H52O/c1-3-5-7-8-9-10-11-12-13-14-28-35-34-26-24-33(25-27-34)32-22-20-31(21-23-32)30-18-16-29(17-19-30)15-6-4-2/h20-27,29-30H,3-19,28H2,1-2H3. The molecule has 1 saturated carbocycles. The average Bonchev–Trinajstić information content (AvgIpc) is 2.91. The van der Waals surface area contributed by atoms with Crippen molar-refractivity contribution in [3.63, 3.8) is 0 Å². The van der Waals surface area contributed by atoms with E-state index in [0.717, 1.165) is 24.2 Å². The van der Waals surface area contributed by atoms with E-state index >= 15 is 0 Å². The molecule has 0 atom stereocenters. The minimum absolute atomic E-state index is 0.767. The van der Waals surface area contributed by atoms with Gasteiger partial charge in [-0.2, -0.15) is 0 Å². The Morgan fingerprint density at radius 2 is 1.09 bits per heavy atom. The summed E-state index contributed by atoms with van der Waals surface area (Å²) < 4.78 is 6.00. The normalized spacial score (nSPS) is 18.0. The van der Waals surface area contributed by atoms with Crippen LogP contribution in [0.5, 0.6) is 5.75 Å². The molecule has 0 saturated heterocycles. The van der Waals surface area contributed by atoms with Crippen LogP contribution in [0.4, 0.5) is 0 Å². The monoisotopic (exact) mass is 476 g/mol. The van der Waals surface area contributed by atoms with Crippen LogP contribution in [-0.4, -0.2) is 6.61 Å². The zero-order chi connectivity index (χ0) is 24.6. The lowest BCUT2D eigenvalue weighted by molar-refractivity contribution is 0.304. The largest absolute Gasteiger partial charge is 0.494 e. The molecule has 2 aromatic carbocycles. The SMILES string of the molecule is CCCCCCCCCCCCOc1ccc(-c2ccc(C3CCC(CCCC)CC3)cc2)cc1. The van der Waals surface area contributed by atoms with E-state index in [0.29, 0.717) is 0 Å². The van der Waals surface area contributed by atoms with Crippen molar-refractivity contribution in [2.75, 3.05) is 6.61 Å². The van der Waals surface area contributed by atoms with Gasteiger partial charge in [0.05, 0.1) is 6.61 Å². The highest BCUT2D eigenvalue weighted by Crippen LogP contribution is 2.38. The van der Waals surface area contributed by atoms with Crippen molar-refractivity contribution in [2.45, 2.75) is 129 Å². The maximum atomic E-state index is 6.00. The third-order valence-electron chi connectivity index (χ3n) is 8.15. The Morgan fingerprint density at radius 3 is 1.66 bits per heavy atom. The van der Waals surface area contributed by atoms with Gasteiger partial charge in [0.1, 0.15) is 5.75 Å². The van der Waals surface area contributed by atoms with Gasteiger partial charge in [0.25, 0.3) is 0 Å². The van der Waals surface area contributed by atoms with Crippen molar-refractivity contribution in [1.82, 2.24) is 0 Å². The molecule has 2 aromatic rings. The van der Waals surface area contributed by atoms with Crippen LogP contribution in [0, 0.1) is 5.92 Å². The first-order valence-electron chi connectivity index (χ1n) is 15.1. The van der Waals surface area contributed by atoms with Crippen LogP contribution in [0.2, 0.25) is 0 Å². The lowest BCUT2D eigenvalue weighted by Crippen LogP contribution is -2.13. The summed E-state index contributed by atoms with van der Waals surface area (Å²) in [6, 6.07) is 18.1. The van der Waals surface area contributed by atoms with Gasteiger partial charge in [0, 0.05) is 0 Å². The molecule has 0 unspecified atom stereocenters. The van der Waals surface area contributed by atoms with Crippen LogP contribution in [-0.2, 0) is 0 Å². The Kier molecular flexibility index (Phi) is 13.4. The Bertz CT molecular complexity index is 767. The maximum absolute atomic E-state index is 6.00. The fraction of sp³-hybridized carbons (Fsp3) is 0.647. The molecule has 3 rings (SSSR count). The fourth-order valence-electron chi connectivity index (χ4n) is 5.75. The summed E-state index contributed by atoms with van der Waals surface area (Å²) in [5.74, 6) is 2.75. The minimum atomic E-state index is 0.767. The Morgan fingerprint density at radius 1 is 0.571 bits per heavy atom. The fourth-order valence-corrected chi connectivity index (χ4v) is 5.75. The quantitative estimate of drug-likeness (QED) is 0.206. The number of benzene rings is 2. The average molecular weight is 477 g/mol. The van der Waals surface area contributed by atoms with E-state index in [1.807, 2.05) is 0 Å². The van der Waals surface area contributed by atoms with Gasteiger partial charge in [0.2, 0.25) is 0 Å². The van der Waals surface area contributed by atoms with Gasteiger partial charge in [-0.15, -0.1) is 0 Å². The first-order valence-corrected chi connectivity index (χ1v) is 15.1.